The number of hydrogen-bond acceptors (Lipinski definition) is 7. The first-order valence-electron chi connectivity index (χ1n) is 11.9. The minimum atomic E-state index is -0.650. The summed E-state index contributed by atoms with van der Waals surface area (Å²) in [6.45, 7) is 8.01. The quantitative estimate of drug-likeness (QED) is 0.376. The molecule has 0 unspecified atom stereocenters. The van der Waals surface area contributed by atoms with Gasteiger partial charge in [0.2, 0.25) is 0 Å². The summed E-state index contributed by atoms with van der Waals surface area (Å²) in [5, 5.41) is 0. The van der Waals surface area contributed by atoms with E-state index in [0.29, 0.717) is 43.6 Å². The van der Waals surface area contributed by atoms with E-state index in [1.807, 2.05) is 30.3 Å². The molecule has 0 saturated carbocycles. The summed E-state index contributed by atoms with van der Waals surface area (Å²) < 4.78 is 19.1. The number of rotatable bonds is 7. The van der Waals surface area contributed by atoms with Crippen LogP contribution in [0.4, 0.5) is 0 Å². The standard InChI is InChI=1S/C28H29BrN2O5S/c1-7-36-27(33)24-16(4)30-28-31(25(24)18-10-8-17(9-11-18)15(2)3)26(32)23(37-28)13-19-12-20(29)22(35-6)14-21(19)34-5/h8-15,25H,7H2,1-6H3/b23-13-/t25-/m1/s1. The fourth-order valence-electron chi connectivity index (χ4n) is 4.31. The monoisotopic (exact) mass is 584 g/mol. The van der Waals surface area contributed by atoms with Gasteiger partial charge in [-0.15, -0.1) is 0 Å². The van der Waals surface area contributed by atoms with E-state index < -0.39 is 12.0 Å². The zero-order chi connectivity index (χ0) is 26.9. The number of carbonyl (C=O) groups excluding carboxylic acids is 1. The second-order valence-corrected chi connectivity index (χ2v) is 10.7. The minimum Gasteiger partial charge on any atom is -0.496 e. The Balaban J connectivity index is 1.95. The molecule has 37 heavy (non-hydrogen) atoms. The van der Waals surface area contributed by atoms with Gasteiger partial charge < -0.3 is 14.2 Å². The molecule has 2 heterocycles. The Morgan fingerprint density at radius 3 is 2.43 bits per heavy atom. The lowest BCUT2D eigenvalue weighted by molar-refractivity contribution is -0.139. The van der Waals surface area contributed by atoms with Gasteiger partial charge in [-0.05, 0) is 59.0 Å². The number of allylic oxidation sites excluding steroid dienone is 1. The van der Waals surface area contributed by atoms with Gasteiger partial charge in [0, 0.05) is 11.6 Å². The van der Waals surface area contributed by atoms with Gasteiger partial charge in [0.1, 0.15) is 11.5 Å². The molecule has 0 spiro atoms. The van der Waals surface area contributed by atoms with E-state index in [4.69, 9.17) is 14.2 Å². The molecule has 0 saturated heterocycles. The number of nitrogens with zero attached hydrogens (tertiary/aromatic N) is 2. The van der Waals surface area contributed by atoms with E-state index in [0.717, 1.165) is 10.0 Å². The van der Waals surface area contributed by atoms with E-state index >= 15 is 0 Å². The third-order valence-corrected chi connectivity index (χ3v) is 7.83. The highest BCUT2D eigenvalue weighted by atomic mass is 79.9. The largest absolute Gasteiger partial charge is 0.496 e. The Labute approximate surface area is 227 Å². The van der Waals surface area contributed by atoms with Crippen molar-refractivity contribution in [1.82, 2.24) is 4.57 Å². The second-order valence-electron chi connectivity index (χ2n) is 8.85. The number of esters is 1. The first kappa shape index (κ1) is 26.9. The second kappa shape index (κ2) is 11.1. The predicted octanol–water partition coefficient (Wildman–Crippen LogP) is 4.70. The number of benzene rings is 2. The lowest BCUT2D eigenvalue weighted by atomic mass is 9.93. The van der Waals surface area contributed by atoms with Crippen LogP contribution in [0.1, 0.15) is 56.3 Å². The SMILES string of the molecule is CCOC(=O)C1=C(C)N=c2s/c(=C\c3cc(Br)c(OC)cc3OC)c(=O)n2[C@@H]1c1ccc(C(C)C)cc1. The van der Waals surface area contributed by atoms with E-state index in [9.17, 15) is 9.59 Å². The number of ether oxygens (including phenoxy) is 3. The summed E-state index contributed by atoms with van der Waals surface area (Å²) in [6.07, 6.45) is 1.77. The van der Waals surface area contributed by atoms with Crippen LogP contribution in [0, 0.1) is 0 Å². The maximum atomic E-state index is 13.8. The van der Waals surface area contributed by atoms with Crippen LogP contribution in [0.25, 0.3) is 6.08 Å². The highest BCUT2D eigenvalue weighted by Gasteiger charge is 2.33. The molecule has 9 heteroatoms. The molecule has 2 aromatic carbocycles. The van der Waals surface area contributed by atoms with E-state index in [1.165, 1.54) is 16.9 Å². The Bertz CT molecular complexity index is 1550. The summed E-state index contributed by atoms with van der Waals surface area (Å²) in [5.74, 6) is 1.07. The number of fused-ring (bicyclic) bond motifs is 1. The van der Waals surface area contributed by atoms with Crippen molar-refractivity contribution in [2.75, 3.05) is 20.8 Å². The Morgan fingerprint density at radius 1 is 1.16 bits per heavy atom. The number of thiazole rings is 1. The highest BCUT2D eigenvalue weighted by molar-refractivity contribution is 9.10. The fourth-order valence-corrected chi connectivity index (χ4v) is 5.87. The van der Waals surface area contributed by atoms with Gasteiger partial charge in [0.05, 0.1) is 47.1 Å². The van der Waals surface area contributed by atoms with Crippen molar-refractivity contribution in [1.29, 1.82) is 0 Å². The van der Waals surface area contributed by atoms with Gasteiger partial charge in [-0.3, -0.25) is 9.36 Å². The summed E-state index contributed by atoms with van der Waals surface area (Å²) in [5.41, 5.74) is 3.35. The third-order valence-electron chi connectivity index (χ3n) is 6.23. The number of hydrogen-bond donors (Lipinski definition) is 0. The molecule has 7 nitrogen and oxygen atoms in total. The van der Waals surface area contributed by atoms with Gasteiger partial charge in [-0.2, -0.15) is 0 Å². The molecular formula is C28H29BrN2O5S. The van der Waals surface area contributed by atoms with Crippen molar-refractivity contribution in [3.05, 3.63) is 88.5 Å². The molecule has 0 N–H and O–H groups in total. The highest BCUT2D eigenvalue weighted by Crippen LogP contribution is 2.34. The summed E-state index contributed by atoms with van der Waals surface area (Å²) in [4.78, 5) is 32.1. The average Bonchev–Trinajstić information content (AvgIpc) is 3.17. The summed E-state index contributed by atoms with van der Waals surface area (Å²) in [6, 6.07) is 11.0. The van der Waals surface area contributed by atoms with Crippen LogP contribution in [0.15, 0.2) is 61.9 Å². The molecule has 4 rings (SSSR count). The van der Waals surface area contributed by atoms with Gasteiger partial charge >= 0.3 is 5.97 Å². The summed E-state index contributed by atoms with van der Waals surface area (Å²) in [7, 11) is 3.14. The van der Waals surface area contributed by atoms with Crippen LogP contribution < -0.4 is 24.4 Å². The maximum Gasteiger partial charge on any atom is 0.338 e. The van der Waals surface area contributed by atoms with Crippen LogP contribution >= 0.6 is 27.3 Å². The Hall–Kier alpha value is -3.17. The molecule has 0 radical (unpaired) electrons. The Kier molecular flexibility index (Phi) is 8.04. The lowest BCUT2D eigenvalue weighted by Gasteiger charge is -2.25. The van der Waals surface area contributed by atoms with Crippen LogP contribution in [0.3, 0.4) is 0 Å². The number of aromatic nitrogens is 1. The normalized spacial score (nSPS) is 15.5. The van der Waals surface area contributed by atoms with Crippen LogP contribution in [-0.2, 0) is 9.53 Å². The van der Waals surface area contributed by atoms with Crippen LogP contribution in [0.2, 0.25) is 0 Å². The predicted molar refractivity (Wildman–Crippen MR) is 148 cm³/mol. The van der Waals surface area contributed by atoms with Crippen molar-refractivity contribution in [2.24, 2.45) is 4.99 Å². The fraction of sp³-hybridized carbons (Fsp3) is 0.321. The molecule has 3 aromatic rings. The first-order valence-corrected chi connectivity index (χ1v) is 13.5. The van der Waals surface area contributed by atoms with Crippen molar-refractivity contribution < 1.29 is 19.0 Å². The van der Waals surface area contributed by atoms with Gasteiger partial charge in [-0.25, -0.2) is 9.79 Å². The molecule has 0 fully saturated rings. The lowest BCUT2D eigenvalue weighted by Crippen LogP contribution is -2.39. The van der Waals surface area contributed by atoms with Crippen molar-refractivity contribution >= 4 is 39.3 Å². The third kappa shape index (κ3) is 5.15. The summed E-state index contributed by atoms with van der Waals surface area (Å²) >= 11 is 4.77. The molecular weight excluding hydrogens is 556 g/mol. The van der Waals surface area contributed by atoms with Crippen molar-refractivity contribution in [2.45, 2.75) is 39.7 Å². The minimum absolute atomic E-state index is 0.227. The molecule has 1 aliphatic rings. The van der Waals surface area contributed by atoms with E-state index in [1.54, 1.807) is 44.8 Å². The smallest absolute Gasteiger partial charge is 0.338 e. The van der Waals surface area contributed by atoms with Gasteiger partial charge in [0.15, 0.2) is 4.80 Å². The molecule has 194 valence electrons. The van der Waals surface area contributed by atoms with E-state index in [-0.39, 0.29) is 12.2 Å². The van der Waals surface area contributed by atoms with Gasteiger partial charge in [0.25, 0.3) is 5.56 Å². The average molecular weight is 586 g/mol. The Morgan fingerprint density at radius 2 is 1.84 bits per heavy atom. The zero-order valence-electron chi connectivity index (χ0n) is 21.6. The first-order chi connectivity index (χ1) is 17.7. The molecule has 1 aromatic heterocycles. The van der Waals surface area contributed by atoms with Crippen molar-refractivity contribution in [3.63, 3.8) is 0 Å². The number of methoxy groups -OCH3 is 2. The molecule has 1 atom stereocenters. The number of carbonyl (C=O) groups is 1. The molecule has 0 aliphatic carbocycles. The van der Waals surface area contributed by atoms with Crippen molar-refractivity contribution in [3.8, 4) is 11.5 Å². The zero-order valence-corrected chi connectivity index (χ0v) is 24.0. The topological polar surface area (TPSA) is 79.1 Å². The van der Waals surface area contributed by atoms with Crippen LogP contribution in [-0.4, -0.2) is 31.4 Å². The molecule has 1 aliphatic heterocycles. The number of halogens is 1. The molecule has 0 bridgehead atoms. The molecule has 0 amide bonds. The van der Waals surface area contributed by atoms with Gasteiger partial charge in [-0.1, -0.05) is 49.4 Å². The maximum absolute atomic E-state index is 13.8. The van der Waals surface area contributed by atoms with E-state index in [2.05, 4.69) is 34.8 Å². The van der Waals surface area contributed by atoms with Crippen LogP contribution in [0.5, 0.6) is 11.5 Å².